The molecule has 1 aromatic carbocycles. The van der Waals surface area contributed by atoms with Crippen LogP contribution in [0.25, 0.3) is 0 Å². The number of anilines is 1. The number of para-hydroxylation sites is 1. The minimum absolute atomic E-state index is 0.129. The minimum atomic E-state index is -0.272. The molecule has 1 saturated carbocycles. The Hall–Kier alpha value is -1.10. The van der Waals surface area contributed by atoms with Crippen molar-refractivity contribution in [2.45, 2.75) is 81.8 Å². The Bertz CT molecular complexity index is 814. The fraction of sp³-hybridized carbons (Fsp3) is 0.750. The van der Waals surface area contributed by atoms with E-state index in [4.69, 9.17) is 0 Å². The molecule has 0 amide bonds. The van der Waals surface area contributed by atoms with E-state index >= 15 is 0 Å². The maximum atomic E-state index is 12.0. The van der Waals surface area contributed by atoms with Gasteiger partial charge in [-0.1, -0.05) is 38.5 Å². The third kappa shape index (κ3) is 1.61. The molecule has 7 rings (SSSR count). The predicted molar refractivity (Wildman–Crippen MR) is 110 cm³/mol. The lowest BCUT2D eigenvalue weighted by Gasteiger charge is -2.68. The Morgan fingerprint density at radius 1 is 1.18 bits per heavy atom. The number of hydrogen-bond acceptors (Lipinski definition) is 3. The molecule has 4 saturated heterocycles. The molecule has 5 heterocycles. The molecule has 0 radical (unpaired) electrons. The van der Waals surface area contributed by atoms with Crippen LogP contribution in [0.2, 0.25) is 0 Å². The van der Waals surface area contributed by atoms with Crippen LogP contribution in [0.4, 0.5) is 5.69 Å². The van der Waals surface area contributed by atoms with E-state index in [0.717, 1.165) is 23.9 Å². The lowest BCUT2D eigenvalue weighted by Crippen LogP contribution is -2.83. The molecule has 5 bridgehead atoms. The molecule has 28 heavy (non-hydrogen) atoms. The number of likely N-dealkylation sites (N-methyl/N-ethyl adjacent to an activating group) is 1. The highest BCUT2D eigenvalue weighted by atomic mass is 16.3. The van der Waals surface area contributed by atoms with Gasteiger partial charge in [0.1, 0.15) is 6.04 Å². The van der Waals surface area contributed by atoms with Crippen molar-refractivity contribution in [1.82, 2.24) is 0 Å². The van der Waals surface area contributed by atoms with Crippen molar-refractivity contribution in [3.63, 3.8) is 0 Å². The quantitative estimate of drug-likeness (QED) is 0.786. The lowest BCUT2D eigenvalue weighted by molar-refractivity contribution is -1.04. The number of quaternary nitrogens is 1. The van der Waals surface area contributed by atoms with E-state index < -0.39 is 0 Å². The molecule has 2 N–H and O–H groups in total. The van der Waals surface area contributed by atoms with Crippen LogP contribution in [0.15, 0.2) is 24.3 Å². The zero-order chi connectivity index (χ0) is 19.4. The summed E-state index contributed by atoms with van der Waals surface area (Å²) in [7, 11) is 2.24. The van der Waals surface area contributed by atoms with Gasteiger partial charge in [-0.15, -0.1) is 0 Å². The Labute approximate surface area is 168 Å². The molecule has 0 unspecified atom stereocenters. The van der Waals surface area contributed by atoms with E-state index in [9.17, 15) is 10.2 Å². The fourth-order valence-corrected chi connectivity index (χ4v) is 9.27. The average molecular weight is 384 g/mol. The highest BCUT2D eigenvalue weighted by Gasteiger charge is 2.82. The number of aliphatic hydroxyl groups is 2. The topological polar surface area (TPSA) is 43.7 Å². The van der Waals surface area contributed by atoms with Gasteiger partial charge in [0.15, 0.2) is 6.23 Å². The molecular formula is C24H35N2O2+. The third-order valence-corrected chi connectivity index (χ3v) is 10.0. The van der Waals surface area contributed by atoms with E-state index in [1.165, 1.54) is 30.5 Å². The average Bonchev–Trinajstić information content (AvgIpc) is 3.09. The van der Waals surface area contributed by atoms with Crippen molar-refractivity contribution < 1.29 is 14.7 Å². The van der Waals surface area contributed by atoms with Crippen molar-refractivity contribution in [2.24, 2.45) is 17.8 Å². The number of unbranched alkanes of at least 4 members (excludes halogenated alkanes) is 1. The van der Waals surface area contributed by atoms with Crippen LogP contribution in [0, 0.1) is 17.8 Å². The first-order valence-corrected chi connectivity index (χ1v) is 11.6. The fourth-order valence-electron chi connectivity index (χ4n) is 9.27. The standard InChI is InChI=1S/C24H35N2O2/c1-4-6-11-26-18-12-15(14(5-2)23(26)28)20-19(26)13-24(22(20)27)16-9-7-8-10-17(16)25(3)21(18)24/h7-10,14-15,18-23,27-28H,4-6,11-13H2,1-3H3/q+1/t14-,15-,18-,19-,20-,21-,22+,23+,24+,26-/m0/s1. The third-order valence-electron chi connectivity index (χ3n) is 10.0. The molecule has 10 atom stereocenters. The van der Waals surface area contributed by atoms with E-state index in [0.29, 0.717) is 35.9 Å². The van der Waals surface area contributed by atoms with Gasteiger partial charge in [-0.3, -0.25) is 4.48 Å². The summed E-state index contributed by atoms with van der Waals surface area (Å²) < 4.78 is 0.884. The highest BCUT2D eigenvalue weighted by molar-refractivity contribution is 5.66. The summed E-state index contributed by atoms with van der Waals surface area (Å²) in [5, 5.41) is 23.7. The van der Waals surface area contributed by atoms with Gasteiger partial charge in [0, 0.05) is 37.4 Å². The second-order valence-corrected chi connectivity index (χ2v) is 10.4. The van der Waals surface area contributed by atoms with Gasteiger partial charge >= 0.3 is 0 Å². The summed E-state index contributed by atoms with van der Waals surface area (Å²) in [5.41, 5.74) is 2.56. The normalized spacial score (nSPS) is 52.2. The summed E-state index contributed by atoms with van der Waals surface area (Å²) in [4.78, 5) is 2.49. The van der Waals surface area contributed by atoms with Gasteiger partial charge in [0.2, 0.25) is 0 Å². The van der Waals surface area contributed by atoms with E-state index in [-0.39, 0.29) is 17.7 Å². The van der Waals surface area contributed by atoms with Crippen LogP contribution in [0.5, 0.6) is 0 Å². The van der Waals surface area contributed by atoms with Crippen LogP contribution in [-0.4, -0.2) is 58.7 Å². The van der Waals surface area contributed by atoms with Crippen LogP contribution in [0.1, 0.15) is 51.5 Å². The van der Waals surface area contributed by atoms with Crippen LogP contribution < -0.4 is 4.90 Å². The van der Waals surface area contributed by atoms with Crippen molar-refractivity contribution in [3.8, 4) is 0 Å². The largest absolute Gasteiger partial charge is 0.392 e. The molecule has 0 aromatic heterocycles. The molecule has 1 aliphatic carbocycles. The molecule has 1 aromatic rings. The van der Waals surface area contributed by atoms with Gasteiger partial charge in [-0.2, -0.15) is 0 Å². The van der Waals surface area contributed by atoms with Crippen molar-refractivity contribution >= 4 is 5.69 Å². The number of benzene rings is 1. The monoisotopic (exact) mass is 383 g/mol. The number of aliphatic hydroxyl groups excluding tert-OH is 2. The van der Waals surface area contributed by atoms with Crippen molar-refractivity contribution in [1.29, 1.82) is 0 Å². The summed E-state index contributed by atoms with van der Waals surface area (Å²) >= 11 is 0. The molecule has 152 valence electrons. The molecule has 4 heteroatoms. The van der Waals surface area contributed by atoms with Crippen molar-refractivity contribution in [2.75, 3.05) is 18.5 Å². The Balaban J connectivity index is 1.59. The molecule has 5 fully saturated rings. The Morgan fingerprint density at radius 3 is 2.71 bits per heavy atom. The molecule has 6 aliphatic rings. The molecule has 1 spiro atoms. The summed E-state index contributed by atoms with van der Waals surface area (Å²) in [6, 6.07) is 10.00. The van der Waals surface area contributed by atoms with Crippen LogP contribution in [0.3, 0.4) is 0 Å². The van der Waals surface area contributed by atoms with Crippen molar-refractivity contribution in [3.05, 3.63) is 29.8 Å². The second kappa shape index (κ2) is 5.53. The maximum Gasteiger partial charge on any atom is 0.194 e. The maximum absolute atomic E-state index is 12.0. The number of nitrogens with zero attached hydrogens (tertiary/aromatic N) is 2. The highest BCUT2D eigenvalue weighted by Crippen LogP contribution is 2.71. The first-order chi connectivity index (χ1) is 13.5. The van der Waals surface area contributed by atoms with E-state index in [1.54, 1.807) is 0 Å². The van der Waals surface area contributed by atoms with Gasteiger partial charge in [-0.05, 0) is 30.4 Å². The predicted octanol–water partition coefficient (Wildman–Crippen LogP) is 2.87. The minimum Gasteiger partial charge on any atom is -0.392 e. The Morgan fingerprint density at radius 2 is 1.96 bits per heavy atom. The molecular weight excluding hydrogens is 348 g/mol. The van der Waals surface area contributed by atoms with Gasteiger partial charge in [-0.25, -0.2) is 0 Å². The zero-order valence-corrected chi connectivity index (χ0v) is 17.5. The van der Waals surface area contributed by atoms with E-state index in [2.05, 4.69) is 50.1 Å². The number of hydrogen-bond donors (Lipinski definition) is 2. The number of fused-ring (bicyclic) bond motifs is 2. The number of piperidine rings is 4. The van der Waals surface area contributed by atoms with Gasteiger partial charge < -0.3 is 15.1 Å². The van der Waals surface area contributed by atoms with Gasteiger partial charge in [0.25, 0.3) is 0 Å². The zero-order valence-electron chi connectivity index (χ0n) is 17.5. The summed E-state index contributed by atoms with van der Waals surface area (Å²) in [6.45, 7) is 5.59. The van der Waals surface area contributed by atoms with Gasteiger partial charge in [0.05, 0.1) is 30.1 Å². The number of rotatable bonds is 4. The summed E-state index contributed by atoms with van der Waals surface area (Å²) in [6.07, 6.45) is 5.09. The first kappa shape index (κ1) is 17.7. The SMILES string of the molecule is CCCC[N@+]12[C@H](O)[C@@H](CC)[C@@H]3C[C@H]1[C@@H]1N(C)c4ccccc4[C@]14C[C@H]2[C@H]3[C@H]4O. The first-order valence-electron chi connectivity index (χ1n) is 11.6. The Kier molecular flexibility index (Phi) is 3.50. The molecule has 4 nitrogen and oxygen atoms in total. The lowest BCUT2D eigenvalue weighted by atomic mass is 9.60. The van der Waals surface area contributed by atoms with E-state index in [1.807, 2.05) is 0 Å². The van der Waals surface area contributed by atoms with Crippen LogP contribution in [-0.2, 0) is 5.41 Å². The van der Waals surface area contributed by atoms with Crippen LogP contribution >= 0.6 is 0 Å². The summed E-state index contributed by atoms with van der Waals surface area (Å²) in [5.74, 6) is 1.18. The molecule has 5 aliphatic heterocycles. The smallest absolute Gasteiger partial charge is 0.194 e. The second-order valence-electron chi connectivity index (χ2n) is 10.4.